The van der Waals surface area contributed by atoms with Crippen molar-refractivity contribution < 1.29 is 14.7 Å². The quantitative estimate of drug-likeness (QED) is 0.621. The maximum absolute atomic E-state index is 12.2. The molecule has 114 valence electrons. The Kier molecular flexibility index (Phi) is 5.33. The van der Waals surface area contributed by atoms with Crippen molar-refractivity contribution in [3.05, 3.63) is 0 Å². The number of β-amino-alcohol motifs (C(OH)–C–C–N with tert-alkyl or cyclic N) is 1. The van der Waals surface area contributed by atoms with E-state index in [0.717, 1.165) is 19.6 Å². The smallest absolute Gasteiger partial charge is 0.240 e. The van der Waals surface area contributed by atoms with Gasteiger partial charge < -0.3 is 20.2 Å². The molecule has 2 aliphatic rings. The number of aliphatic hydroxyl groups is 1. The van der Waals surface area contributed by atoms with Gasteiger partial charge in [0.1, 0.15) is 0 Å². The molecule has 2 saturated heterocycles. The molecule has 2 amide bonds. The van der Waals surface area contributed by atoms with Crippen LogP contribution in [0.3, 0.4) is 0 Å². The summed E-state index contributed by atoms with van der Waals surface area (Å²) in [4.78, 5) is 29.8. The molecule has 0 aromatic heterocycles. The van der Waals surface area contributed by atoms with E-state index in [2.05, 4.69) is 10.2 Å². The van der Waals surface area contributed by atoms with E-state index in [1.165, 1.54) is 0 Å². The standard InChI is InChI=1S/C13H24N4O3/c1-15-3-2-14-11(13(15)20)10-12(19)17-6-4-16(5-7-17)8-9-18/h11,14,18H,2-10H2,1H3. The van der Waals surface area contributed by atoms with Gasteiger partial charge in [0.25, 0.3) is 0 Å². The number of amides is 2. The van der Waals surface area contributed by atoms with Crippen molar-refractivity contribution in [3.63, 3.8) is 0 Å². The van der Waals surface area contributed by atoms with Gasteiger partial charge in [-0.2, -0.15) is 0 Å². The molecule has 2 rings (SSSR count). The van der Waals surface area contributed by atoms with E-state index in [0.29, 0.717) is 26.2 Å². The first-order chi connectivity index (χ1) is 9.61. The third-order valence-corrected chi connectivity index (χ3v) is 4.03. The highest BCUT2D eigenvalue weighted by atomic mass is 16.3. The molecule has 0 aliphatic carbocycles. The molecule has 20 heavy (non-hydrogen) atoms. The van der Waals surface area contributed by atoms with E-state index in [4.69, 9.17) is 5.11 Å². The second-order valence-corrected chi connectivity index (χ2v) is 5.42. The number of likely N-dealkylation sites (N-methyl/N-ethyl adjacent to an activating group) is 1. The van der Waals surface area contributed by atoms with Crippen molar-refractivity contribution in [1.82, 2.24) is 20.0 Å². The molecule has 2 N–H and O–H groups in total. The van der Waals surface area contributed by atoms with Crippen LogP contribution in [0.15, 0.2) is 0 Å². The molecule has 1 atom stereocenters. The van der Waals surface area contributed by atoms with Crippen LogP contribution in [0.2, 0.25) is 0 Å². The number of rotatable bonds is 4. The highest BCUT2D eigenvalue weighted by Crippen LogP contribution is 2.08. The van der Waals surface area contributed by atoms with Crippen LogP contribution in [0.4, 0.5) is 0 Å². The van der Waals surface area contributed by atoms with Gasteiger partial charge in [0.05, 0.1) is 19.1 Å². The molecule has 0 aromatic carbocycles. The van der Waals surface area contributed by atoms with Gasteiger partial charge in [0, 0.05) is 52.9 Å². The molecule has 2 aliphatic heterocycles. The number of aliphatic hydroxyl groups excluding tert-OH is 1. The molecule has 0 radical (unpaired) electrons. The molecule has 2 fully saturated rings. The molecule has 7 heteroatoms. The Morgan fingerprint density at radius 2 is 2.00 bits per heavy atom. The van der Waals surface area contributed by atoms with Crippen molar-refractivity contribution in [2.75, 3.05) is 59.5 Å². The van der Waals surface area contributed by atoms with E-state index in [9.17, 15) is 9.59 Å². The highest BCUT2D eigenvalue weighted by Gasteiger charge is 2.30. The van der Waals surface area contributed by atoms with Gasteiger partial charge in [-0.05, 0) is 0 Å². The van der Waals surface area contributed by atoms with Crippen molar-refractivity contribution >= 4 is 11.8 Å². The maximum atomic E-state index is 12.2. The van der Waals surface area contributed by atoms with Crippen LogP contribution in [0.25, 0.3) is 0 Å². The number of hydrogen-bond acceptors (Lipinski definition) is 5. The molecular formula is C13H24N4O3. The van der Waals surface area contributed by atoms with Crippen LogP contribution in [0.1, 0.15) is 6.42 Å². The largest absolute Gasteiger partial charge is 0.395 e. The van der Waals surface area contributed by atoms with Gasteiger partial charge >= 0.3 is 0 Å². The third-order valence-electron chi connectivity index (χ3n) is 4.03. The Labute approximate surface area is 119 Å². The van der Waals surface area contributed by atoms with Crippen LogP contribution in [0.5, 0.6) is 0 Å². The SMILES string of the molecule is CN1CCNC(CC(=O)N2CCN(CCO)CC2)C1=O. The van der Waals surface area contributed by atoms with Crippen LogP contribution in [0, 0.1) is 0 Å². The lowest BCUT2D eigenvalue weighted by molar-refractivity contribution is -0.140. The molecule has 0 aromatic rings. The van der Waals surface area contributed by atoms with E-state index >= 15 is 0 Å². The minimum Gasteiger partial charge on any atom is -0.395 e. The summed E-state index contributed by atoms with van der Waals surface area (Å²) in [5, 5.41) is 12.0. The van der Waals surface area contributed by atoms with Gasteiger partial charge in [-0.3, -0.25) is 14.5 Å². The minimum atomic E-state index is -0.378. The van der Waals surface area contributed by atoms with Crippen molar-refractivity contribution in [3.8, 4) is 0 Å². The summed E-state index contributed by atoms with van der Waals surface area (Å²) in [5.74, 6) is 0.0401. The lowest BCUT2D eigenvalue weighted by Crippen LogP contribution is -2.56. The normalized spacial score (nSPS) is 25.1. The first-order valence-corrected chi connectivity index (χ1v) is 7.21. The highest BCUT2D eigenvalue weighted by molar-refractivity contribution is 5.88. The summed E-state index contributed by atoms with van der Waals surface area (Å²) >= 11 is 0. The number of hydrogen-bond donors (Lipinski definition) is 2. The van der Waals surface area contributed by atoms with E-state index < -0.39 is 0 Å². The summed E-state index contributed by atoms with van der Waals surface area (Å²) in [6.45, 7) is 5.19. The zero-order chi connectivity index (χ0) is 14.5. The van der Waals surface area contributed by atoms with Gasteiger partial charge in [0.15, 0.2) is 0 Å². The average Bonchev–Trinajstić information content (AvgIpc) is 2.45. The fraction of sp³-hybridized carbons (Fsp3) is 0.846. The summed E-state index contributed by atoms with van der Waals surface area (Å²) in [5.41, 5.74) is 0. The number of nitrogens with one attached hydrogen (secondary N) is 1. The average molecular weight is 284 g/mol. The lowest BCUT2D eigenvalue weighted by Gasteiger charge is -2.36. The molecule has 0 spiro atoms. The van der Waals surface area contributed by atoms with E-state index in [1.54, 1.807) is 11.9 Å². The van der Waals surface area contributed by atoms with Crippen molar-refractivity contribution in [1.29, 1.82) is 0 Å². The second-order valence-electron chi connectivity index (χ2n) is 5.42. The van der Waals surface area contributed by atoms with E-state index in [1.807, 2.05) is 4.90 Å². The number of carbonyl (C=O) groups is 2. The third kappa shape index (κ3) is 3.68. The fourth-order valence-corrected chi connectivity index (χ4v) is 2.70. The van der Waals surface area contributed by atoms with Crippen molar-refractivity contribution in [2.45, 2.75) is 12.5 Å². The van der Waals surface area contributed by atoms with Crippen LogP contribution in [-0.2, 0) is 9.59 Å². The maximum Gasteiger partial charge on any atom is 0.240 e. The Morgan fingerprint density at radius 3 is 2.65 bits per heavy atom. The molecule has 0 saturated carbocycles. The lowest BCUT2D eigenvalue weighted by atomic mass is 10.1. The minimum absolute atomic E-state index is 0.00326. The Bertz CT molecular complexity index is 356. The fourth-order valence-electron chi connectivity index (χ4n) is 2.70. The molecular weight excluding hydrogens is 260 g/mol. The van der Waals surface area contributed by atoms with Crippen LogP contribution < -0.4 is 5.32 Å². The van der Waals surface area contributed by atoms with Gasteiger partial charge in [0.2, 0.25) is 11.8 Å². The monoisotopic (exact) mass is 284 g/mol. The van der Waals surface area contributed by atoms with Gasteiger partial charge in [-0.1, -0.05) is 0 Å². The molecule has 2 heterocycles. The summed E-state index contributed by atoms with van der Waals surface area (Å²) in [6.07, 6.45) is 0.239. The molecule has 0 bridgehead atoms. The van der Waals surface area contributed by atoms with Crippen molar-refractivity contribution in [2.24, 2.45) is 0 Å². The number of nitrogens with zero attached hydrogens (tertiary/aromatic N) is 3. The molecule has 1 unspecified atom stereocenters. The van der Waals surface area contributed by atoms with Crippen LogP contribution >= 0.6 is 0 Å². The van der Waals surface area contributed by atoms with Crippen LogP contribution in [-0.4, -0.2) is 97.1 Å². The summed E-state index contributed by atoms with van der Waals surface area (Å²) < 4.78 is 0. The van der Waals surface area contributed by atoms with E-state index in [-0.39, 0.29) is 30.9 Å². The summed E-state index contributed by atoms with van der Waals surface area (Å²) in [7, 11) is 1.77. The predicted octanol–water partition coefficient (Wildman–Crippen LogP) is -2.06. The number of piperazine rings is 2. The van der Waals surface area contributed by atoms with Gasteiger partial charge in [-0.25, -0.2) is 0 Å². The topological polar surface area (TPSA) is 76.1 Å². The Balaban J connectivity index is 1.79. The first-order valence-electron chi connectivity index (χ1n) is 7.21. The second kappa shape index (κ2) is 7.01. The first kappa shape index (κ1) is 15.2. The Morgan fingerprint density at radius 1 is 1.30 bits per heavy atom. The zero-order valence-corrected chi connectivity index (χ0v) is 12.0. The zero-order valence-electron chi connectivity index (χ0n) is 12.0. The predicted molar refractivity (Wildman–Crippen MR) is 74.2 cm³/mol. The molecule has 7 nitrogen and oxygen atoms in total. The van der Waals surface area contributed by atoms with Gasteiger partial charge in [-0.15, -0.1) is 0 Å². The Hall–Kier alpha value is -1.18. The number of carbonyl (C=O) groups excluding carboxylic acids is 2. The summed E-state index contributed by atoms with van der Waals surface area (Å²) in [6, 6.07) is -0.378.